The monoisotopic (exact) mass is 383 g/mol. The van der Waals surface area contributed by atoms with Gasteiger partial charge in [-0.25, -0.2) is 0 Å². The summed E-state index contributed by atoms with van der Waals surface area (Å²) in [5.41, 5.74) is 2.81. The van der Waals surface area contributed by atoms with E-state index in [1.54, 1.807) is 0 Å². The highest BCUT2D eigenvalue weighted by Gasteiger charge is 2.26. The van der Waals surface area contributed by atoms with Crippen LogP contribution in [-0.4, -0.2) is 35.2 Å². The Morgan fingerprint density at radius 2 is 1.41 bits per heavy atom. The Bertz CT molecular complexity index is 584. The smallest absolute Gasteiger partial charge is 0.0576 e. The molecule has 0 unspecified atom stereocenters. The molecule has 0 aromatic heterocycles. The lowest BCUT2D eigenvalue weighted by Crippen LogP contribution is -2.39. The van der Waals surface area contributed by atoms with E-state index in [1.807, 2.05) is 11.8 Å². The van der Waals surface area contributed by atoms with Crippen LogP contribution < -0.4 is 0 Å². The quantitative estimate of drug-likeness (QED) is 0.483. The first-order valence-corrected chi connectivity index (χ1v) is 11.5. The third-order valence-corrected chi connectivity index (χ3v) is 6.27. The Kier molecular flexibility index (Phi) is 8.73. The van der Waals surface area contributed by atoms with Crippen LogP contribution in [0.2, 0.25) is 0 Å². The molecule has 0 bridgehead atoms. The van der Waals surface area contributed by atoms with Crippen molar-refractivity contribution in [3.8, 4) is 0 Å². The summed E-state index contributed by atoms with van der Waals surface area (Å²) < 4.78 is 6.11. The summed E-state index contributed by atoms with van der Waals surface area (Å²) in [5, 5.41) is 0. The van der Waals surface area contributed by atoms with Crippen LogP contribution in [0.3, 0.4) is 0 Å². The van der Waals surface area contributed by atoms with Gasteiger partial charge in [0.25, 0.3) is 0 Å². The predicted molar refractivity (Wildman–Crippen MR) is 117 cm³/mol. The van der Waals surface area contributed by atoms with Gasteiger partial charge < -0.3 is 4.74 Å². The van der Waals surface area contributed by atoms with Gasteiger partial charge in [-0.2, -0.15) is 11.8 Å². The third kappa shape index (κ3) is 6.99. The molecule has 3 heteroatoms. The van der Waals surface area contributed by atoms with Gasteiger partial charge in [0.15, 0.2) is 0 Å². The number of hydrogen-bond donors (Lipinski definition) is 0. The molecule has 0 heterocycles. The lowest BCUT2D eigenvalue weighted by molar-refractivity contribution is 0.0117. The minimum Gasteiger partial charge on any atom is -0.377 e. The minimum atomic E-state index is 0.467. The molecule has 0 spiro atoms. The largest absolute Gasteiger partial charge is 0.377 e. The molecule has 27 heavy (non-hydrogen) atoms. The maximum absolute atomic E-state index is 6.11. The average molecular weight is 384 g/mol. The highest BCUT2D eigenvalue weighted by Crippen LogP contribution is 2.27. The SMILES string of the molecule is CCSCCO[C@H]1CC[C@H](N(Cc2ccccc2)Cc2ccccc2)CC1. The molecule has 146 valence electrons. The van der Waals surface area contributed by atoms with Gasteiger partial charge >= 0.3 is 0 Å². The minimum absolute atomic E-state index is 0.467. The van der Waals surface area contributed by atoms with Gasteiger partial charge in [-0.3, -0.25) is 4.90 Å². The van der Waals surface area contributed by atoms with Crippen LogP contribution in [0.25, 0.3) is 0 Å². The average Bonchev–Trinajstić information content (AvgIpc) is 2.73. The van der Waals surface area contributed by atoms with E-state index in [2.05, 4.69) is 72.5 Å². The molecule has 2 nitrogen and oxygen atoms in total. The van der Waals surface area contributed by atoms with Crippen LogP contribution in [0.1, 0.15) is 43.7 Å². The second kappa shape index (κ2) is 11.5. The Morgan fingerprint density at radius 1 is 0.852 bits per heavy atom. The van der Waals surface area contributed by atoms with Crippen LogP contribution in [0.5, 0.6) is 0 Å². The van der Waals surface area contributed by atoms with Crippen LogP contribution in [0.4, 0.5) is 0 Å². The zero-order valence-corrected chi connectivity index (χ0v) is 17.4. The van der Waals surface area contributed by atoms with Gasteiger partial charge in [-0.1, -0.05) is 67.6 Å². The number of rotatable bonds is 10. The molecule has 1 fully saturated rings. The topological polar surface area (TPSA) is 12.5 Å². The summed E-state index contributed by atoms with van der Waals surface area (Å²) in [4.78, 5) is 2.67. The van der Waals surface area contributed by atoms with Crippen molar-refractivity contribution in [1.29, 1.82) is 0 Å². The molecule has 1 aliphatic carbocycles. The van der Waals surface area contributed by atoms with Gasteiger partial charge in [-0.05, 0) is 42.6 Å². The van der Waals surface area contributed by atoms with Crippen molar-refractivity contribution < 1.29 is 4.74 Å². The highest BCUT2D eigenvalue weighted by atomic mass is 32.2. The van der Waals surface area contributed by atoms with Crippen molar-refractivity contribution in [2.24, 2.45) is 0 Å². The third-order valence-electron chi connectivity index (χ3n) is 5.40. The molecule has 2 aromatic carbocycles. The lowest BCUT2D eigenvalue weighted by Gasteiger charge is -2.37. The van der Waals surface area contributed by atoms with Gasteiger partial charge in [0.2, 0.25) is 0 Å². The summed E-state index contributed by atoms with van der Waals surface area (Å²) in [6.07, 6.45) is 5.34. The molecule has 2 aromatic rings. The van der Waals surface area contributed by atoms with Gasteiger partial charge in [0, 0.05) is 24.9 Å². The summed E-state index contributed by atoms with van der Waals surface area (Å²) in [6.45, 7) is 5.17. The molecule has 0 saturated heterocycles. The van der Waals surface area contributed by atoms with E-state index in [-0.39, 0.29) is 0 Å². The molecule has 3 rings (SSSR count). The molecular weight excluding hydrogens is 350 g/mol. The number of ether oxygens (including phenoxy) is 1. The van der Waals surface area contributed by atoms with Crippen molar-refractivity contribution in [3.63, 3.8) is 0 Å². The zero-order chi connectivity index (χ0) is 18.7. The predicted octanol–water partition coefficient (Wildman–Crippen LogP) is 5.77. The van der Waals surface area contributed by atoms with Crippen LogP contribution in [0.15, 0.2) is 60.7 Å². The first-order chi connectivity index (χ1) is 13.3. The molecule has 0 N–H and O–H groups in total. The summed E-state index contributed by atoms with van der Waals surface area (Å²) in [6, 6.07) is 22.4. The van der Waals surface area contributed by atoms with Crippen LogP contribution in [-0.2, 0) is 17.8 Å². The van der Waals surface area contributed by atoms with E-state index in [0.717, 1.165) is 25.4 Å². The van der Waals surface area contributed by atoms with Crippen molar-refractivity contribution >= 4 is 11.8 Å². The van der Waals surface area contributed by atoms with E-state index in [1.165, 1.54) is 42.6 Å². The van der Waals surface area contributed by atoms with E-state index in [4.69, 9.17) is 4.74 Å². The molecule has 1 aliphatic rings. The molecular formula is C24H33NOS. The normalized spacial score (nSPS) is 20.1. The number of hydrogen-bond acceptors (Lipinski definition) is 3. The Labute approximate surface area is 169 Å². The second-order valence-electron chi connectivity index (χ2n) is 7.37. The number of benzene rings is 2. The second-order valence-corrected chi connectivity index (χ2v) is 8.77. The highest BCUT2D eigenvalue weighted by molar-refractivity contribution is 7.99. The van der Waals surface area contributed by atoms with E-state index >= 15 is 0 Å². The van der Waals surface area contributed by atoms with Crippen molar-refractivity contribution in [1.82, 2.24) is 4.90 Å². The van der Waals surface area contributed by atoms with E-state index in [0.29, 0.717) is 12.1 Å². The lowest BCUT2D eigenvalue weighted by atomic mass is 9.91. The van der Waals surface area contributed by atoms with Crippen molar-refractivity contribution in [3.05, 3.63) is 71.8 Å². The van der Waals surface area contributed by atoms with Crippen LogP contribution in [0, 0.1) is 0 Å². The van der Waals surface area contributed by atoms with Crippen LogP contribution >= 0.6 is 11.8 Å². The Balaban J connectivity index is 1.56. The maximum Gasteiger partial charge on any atom is 0.0576 e. The molecule has 0 radical (unpaired) electrons. The summed E-state index contributed by atoms with van der Waals surface area (Å²) in [7, 11) is 0. The maximum atomic E-state index is 6.11. The van der Waals surface area contributed by atoms with Gasteiger partial charge in [0.05, 0.1) is 12.7 Å². The van der Waals surface area contributed by atoms with Gasteiger partial charge in [0.1, 0.15) is 0 Å². The van der Waals surface area contributed by atoms with E-state index < -0.39 is 0 Å². The van der Waals surface area contributed by atoms with Gasteiger partial charge in [-0.15, -0.1) is 0 Å². The number of thioether (sulfide) groups is 1. The van der Waals surface area contributed by atoms with Crippen molar-refractivity contribution in [2.45, 2.75) is 57.8 Å². The Morgan fingerprint density at radius 3 is 1.93 bits per heavy atom. The fourth-order valence-electron chi connectivity index (χ4n) is 3.95. The molecule has 0 aliphatic heterocycles. The fraction of sp³-hybridized carbons (Fsp3) is 0.500. The zero-order valence-electron chi connectivity index (χ0n) is 16.6. The fourth-order valence-corrected chi connectivity index (χ4v) is 4.45. The first kappa shape index (κ1) is 20.4. The number of nitrogens with zero attached hydrogens (tertiary/aromatic N) is 1. The standard InChI is InChI=1S/C24H33NOS/c1-2-27-18-17-26-24-15-13-23(14-16-24)25(19-21-9-5-3-6-10-21)20-22-11-7-4-8-12-22/h3-12,23-24H,2,13-20H2,1H3/t23-,24-. The molecule has 1 saturated carbocycles. The van der Waals surface area contributed by atoms with Crippen molar-refractivity contribution in [2.75, 3.05) is 18.1 Å². The summed E-state index contributed by atoms with van der Waals surface area (Å²) in [5.74, 6) is 2.31. The first-order valence-electron chi connectivity index (χ1n) is 10.4. The molecule has 0 amide bonds. The molecule has 0 atom stereocenters. The Hall–Kier alpha value is -1.29. The van der Waals surface area contributed by atoms with E-state index in [9.17, 15) is 0 Å². The summed E-state index contributed by atoms with van der Waals surface area (Å²) >= 11 is 1.97.